The maximum Gasteiger partial charge on any atom is 0.159 e. The van der Waals surface area contributed by atoms with Gasteiger partial charge in [-0.15, -0.1) is 0 Å². The molecular weight excluding hydrogens is 260 g/mol. The quantitative estimate of drug-likeness (QED) is 0.690. The molecule has 0 saturated heterocycles. The molecule has 0 aromatic rings. The van der Waals surface area contributed by atoms with E-state index in [0.29, 0.717) is 35.4 Å². The predicted molar refractivity (Wildman–Crippen MR) is 82.6 cm³/mol. The van der Waals surface area contributed by atoms with Crippen LogP contribution in [-0.2, 0) is 4.79 Å². The van der Waals surface area contributed by atoms with Crippen LogP contribution in [0.25, 0.3) is 0 Å². The van der Waals surface area contributed by atoms with Crippen LogP contribution in [0.1, 0.15) is 52.4 Å². The highest BCUT2D eigenvalue weighted by molar-refractivity contribution is 5.98. The summed E-state index contributed by atoms with van der Waals surface area (Å²) in [7, 11) is 0. The largest absolute Gasteiger partial charge is 0.389 e. The molecule has 0 radical (unpaired) electrons. The first kappa shape index (κ1) is 13.8. The Morgan fingerprint density at radius 3 is 2.81 bits per heavy atom. The SMILES string of the molecule is C[C@@]12C=CCC1C1CC(=O)C3=CC(O)CC[C@]3(C)C1CC2. The molecule has 0 aromatic heterocycles. The van der Waals surface area contributed by atoms with E-state index in [9.17, 15) is 9.90 Å². The molecule has 6 atom stereocenters. The smallest absolute Gasteiger partial charge is 0.159 e. The standard InChI is InChI=1S/C19H26O2/c1-18-7-3-4-14(18)13-11-17(21)16-10-12(20)5-9-19(16,2)15(13)6-8-18/h3,7,10,12-15,20H,4-6,8-9,11H2,1-2H3/t12?,13?,14?,15?,18-,19+/m0/s1. The first-order valence-electron chi connectivity index (χ1n) is 8.55. The van der Waals surface area contributed by atoms with Crippen molar-refractivity contribution in [3.8, 4) is 0 Å². The Labute approximate surface area is 127 Å². The summed E-state index contributed by atoms with van der Waals surface area (Å²) >= 11 is 0. The molecule has 1 N–H and O–H groups in total. The molecule has 4 rings (SSSR count). The minimum absolute atomic E-state index is 0.0170. The van der Waals surface area contributed by atoms with E-state index in [4.69, 9.17) is 0 Å². The molecule has 4 unspecified atom stereocenters. The molecule has 0 heterocycles. The van der Waals surface area contributed by atoms with Crippen LogP contribution in [-0.4, -0.2) is 17.0 Å². The van der Waals surface area contributed by atoms with Crippen molar-refractivity contribution in [1.82, 2.24) is 0 Å². The van der Waals surface area contributed by atoms with Crippen molar-refractivity contribution in [2.24, 2.45) is 28.6 Å². The average Bonchev–Trinajstić information content (AvgIpc) is 2.83. The van der Waals surface area contributed by atoms with Crippen LogP contribution in [0.15, 0.2) is 23.8 Å². The van der Waals surface area contributed by atoms with E-state index < -0.39 is 6.10 Å². The summed E-state index contributed by atoms with van der Waals surface area (Å²) in [5.74, 6) is 2.15. The van der Waals surface area contributed by atoms with Crippen molar-refractivity contribution in [1.29, 1.82) is 0 Å². The Hall–Kier alpha value is -0.890. The Morgan fingerprint density at radius 1 is 1.19 bits per heavy atom. The lowest BCUT2D eigenvalue weighted by molar-refractivity contribution is -0.127. The van der Waals surface area contributed by atoms with Gasteiger partial charge in [-0.1, -0.05) is 26.0 Å². The summed E-state index contributed by atoms with van der Waals surface area (Å²) in [6.07, 6.45) is 12.4. The van der Waals surface area contributed by atoms with Crippen LogP contribution >= 0.6 is 0 Å². The molecule has 0 bridgehead atoms. The fraction of sp³-hybridized carbons (Fsp3) is 0.737. The number of Topliss-reactive ketones (excluding diaryl/α,β-unsaturated/α-hetero) is 1. The minimum atomic E-state index is -0.407. The molecule has 2 nitrogen and oxygen atoms in total. The number of rotatable bonds is 0. The van der Waals surface area contributed by atoms with Gasteiger partial charge in [-0.3, -0.25) is 4.79 Å². The van der Waals surface area contributed by atoms with Crippen molar-refractivity contribution < 1.29 is 9.90 Å². The monoisotopic (exact) mass is 286 g/mol. The van der Waals surface area contributed by atoms with Crippen molar-refractivity contribution in [2.75, 3.05) is 0 Å². The number of ketones is 1. The highest BCUT2D eigenvalue weighted by atomic mass is 16.3. The fourth-order valence-corrected chi connectivity index (χ4v) is 6.01. The molecule has 0 amide bonds. The number of hydrogen-bond acceptors (Lipinski definition) is 2. The van der Waals surface area contributed by atoms with Gasteiger partial charge in [0.05, 0.1) is 6.10 Å². The highest BCUT2D eigenvalue weighted by Crippen LogP contribution is 2.63. The van der Waals surface area contributed by atoms with Crippen LogP contribution < -0.4 is 0 Å². The Morgan fingerprint density at radius 2 is 2.00 bits per heavy atom. The molecule has 0 aromatic carbocycles. The van der Waals surface area contributed by atoms with Crippen LogP contribution in [0, 0.1) is 28.6 Å². The van der Waals surface area contributed by atoms with Crippen molar-refractivity contribution in [3.63, 3.8) is 0 Å². The first-order valence-corrected chi connectivity index (χ1v) is 8.55. The van der Waals surface area contributed by atoms with Crippen LogP contribution in [0.2, 0.25) is 0 Å². The molecule has 2 saturated carbocycles. The van der Waals surface area contributed by atoms with E-state index in [1.807, 2.05) is 6.08 Å². The van der Waals surface area contributed by atoms with Crippen LogP contribution in [0.5, 0.6) is 0 Å². The van der Waals surface area contributed by atoms with E-state index in [0.717, 1.165) is 24.8 Å². The maximum absolute atomic E-state index is 12.7. The summed E-state index contributed by atoms with van der Waals surface area (Å²) in [5.41, 5.74) is 1.30. The van der Waals surface area contributed by atoms with Gasteiger partial charge >= 0.3 is 0 Å². The zero-order valence-corrected chi connectivity index (χ0v) is 13.1. The lowest BCUT2D eigenvalue weighted by atomic mass is 9.47. The highest BCUT2D eigenvalue weighted by Gasteiger charge is 2.57. The van der Waals surface area contributed by atoms with Gasteiger partial charge in [0, 0.05) is 6.42 Å². The van der Waals surface area contributed by atoms with Gasteiger partial charge in [0.1, 0.15) is 0 Å². The van der Waals surface area contributed by atoms with Gasteiger partial charge in [0.15, 0.2) is 5.78 Å². The minimum Gasteiger partial charge on any atom is -0.389 e. The lowest BCUT2D eigenvalue weighted by Crippen LogP contribution is -2.52. The number of hydrogen-bond donors (Lipinski definition) is 1. The van der Waals surface area contributed by atoms with Gasteiger partial charge in [0.25, 0.3) is 0 Å². The number of carbonyl (C=O) groups excluding carboxylic acids is 1. The molecule has 0 spiro atoms. The number of carbonyl (C=O) groups is 1. The van der Waals surface area contributed by atoms with Gasteiger partial charge in [0.2, 0.25) is 0 Å². The first-order chi connectivity index (χ1) is 9.94. The second-order valence-corrected chi connectivity index (χ2v) is 8.29. The molecular formula is C19H26O2. The second kappa shape index (κ2) is 4.32. The van der Waals surface area contributed by atoms with E-state index >= 15 is 0 Å². The molecule has 4 aliphatic rings. The number of aliphatic hydroxyl groups excluding tert-OH is 1. The van der Waals surface area contributed by atoms with Gasteiger partial charge in [-0.25, -0.2) is 0 Å². The average molecular weight is 286 g/mol. The predicted octanol–water partition coefficient (Wildman–Crippen LogP) is 3.66. The summed E-state index contributed by atoms with van der Waals surface area (Å²) in [5, 5.41) is 9.93. The zero-order chi connectivity index (χ0) is 14.8. The third-order valence-electron chi connectivity index (χ3n) is 7.24. The van der Waals surface area contributed by atoms with Crippen molar-refractivity contribution in [2.45, 2.75) is 58.5 Å². The summed E-state index contributed by atoms with van der Waals surface area (Å²) in [6, 6.07) is 0. The maximum atomic E-state index is 12.7. The molecule has 2 heteroatoms. The van der Waals surface area contributed by atoms with Crippen LogP contribution in [0.3, 0.4) is 0 Å². The van der Waals surface area contributed by atoms with Crippen molar-refractivity contribution in [3.05, 3.63) is 23.8 Å². The Balaban J connectivity index is 1.74. The van der Waals surface area contributed by atoms with Crippen molar-refractivity contribution >= 4 is 5.78 Å². The zero-order valence-electron chi connectivity index (χ0n) is 13.1. The number of fused-ring (bicyclic) bond motifs is 5. The van der Waals surface area contributed by atoms with Gasteiger partial charge in [-0.05, 0) is 72.3 Å². The summed E-state index contributed by atoms with van der Waals surface area (Å²) in [4.78, 5) is 12.7. The molecule has 0 aliphatic heterocycles. The number of allylic oxidation sites excluding steroid dienone is 3. The summed E-state index contributed by atoms with van der Waals surface area (Å²) in [6.45, 7) is 4.69. The molecule has 2 fully saturated rings. The molecule has 21 heavy (non-hydrogen) atoms. The third-order valence-corrected chi connectivity index (χ3v) is 7.24. The van der Waals surface area contributed by atoms with Gasteiger partial charge in [-0.2, -0.15) is 0 Å². The van der Waals surface area contributed by atoms with Gasteiger partial charge < -0.3 is 5.11 Å². The second-order valence-electron chi connectivity index (χ2n) is 8.29. The van der Waals surface area contributed by atoms with E-state index in [1.165, 1.54) is 12.8 Å². The molecule has 114 valence electrons. The van der Waals surface area contributed by atoms with E-state index in [-0.39, 0.29) is 5.41 Å². The topological polar surface area (TPSA) is 37.3 Å². The Kier molecular flexibility index (Phi) is 2.83. The Bertz CT molecular complexity index is 546. The van der Waals surface area contributed by atoms with Crippen LogP contribution in [0.4, 0.5) is 0 Å². The summed E-state index contributed by atoms with van der Waals surface area (Å²) < 4.78 is 0. The number of aliphatic hydroxyl groups is 1. The fourth-order valence-electron chi connectivity index (χ4n) is 6.01. The molecule has 4 aliphatic carbocycles. The third kappa shape index (κ3) is 1.78. The van der Waals surface area contributed by atoms with E-state index in [1.54, 1.807) is 0 Å². The normalized spacial score (nSPS) is 52.0. The van der Waals surface area contributed by atoms with E-state index in [2.05, 4.69) is 26.0 Å². The lowest BCUT2D eigenvalue weighted by Gasteiger charge is -2.56.